The zero-order valence-electron chi connectivity index (χ0n) is 23.1. The van der Waals surface area contributed by atoms with Crippen LogP contribution in [-0.4, -0.2) is 53.8 Å². The number of thiazole rings is 1. The SMILES string of the molecule is CCn1c(O)c(C2SC(=Cc3ccc4c(c3)C3CCCC3N4c3ccc(N(C)C)cc3)C(=O)N2COC=O)sc1=S. The van der Waals surface area contributed by atoms with Gasteiger partial charge >= 0.3 is 0 Å². The van der Waals surface area contributed by atoms with Gasteiger partial charge < -0.3 is 19.6 Å². The highest BCUT2D eigenvalue weighted by atomic mass is 32.2. The highest BCUT2D eigenvalue weighted by Gasteiger charge is 2.43. The number of carbonyl (C=O) groups excluding carboxylic acids is 2. The number of rotatable bonds is 8. The first kappa shape index (κ1) is 27.9. The molecule has 8 nitrogen and oxygen atoms in total. The van der Waals surface area contributed by atoms with Crippen molar-refractivity contribution in [2.75, 3.05) is 30.6 Å². The number of nitrogens with zero attached hydrogens (tertiary/aromatic N) is 4. The second kappa shape index (κ2) is 11.2. The second-order valence-electron chi connectivity index (χ2n) is 10.6. The number of hydrogen-bond donors (Lipinski definition) is 1. The summed E-state index contributed by atoms with van der Waals surface area (Å²) in [5, 5.41) is 10.3. The van der Waals surface area contributed by atoms with E-state index in [-0.39, 0.29) is 18.5 Å². The first-order valence-electron chi connectivity index (χ1n) is 13.7. The van der Waals surface area contributed by atoms with Gasteiger partial charge in [-0.25, -0.2) is 0 Å². The van der Waals surface area contributed by atoms with E-state index in [2.05, 4.69) is 52.3 Å². The quantitative estimate of drug-likeness (QED) is 0.174. The smallest absolute Gasteiger partial charge is 0.294 e. The second-order valence-corrected chi connectivity index (χ2v) is 13.4. The van der Waals surface area contributed by atoms with Gasteiger partial charge in [-0.05, 0) is 85.6 Å². The third-order valence-electron chi connectivity index (χ3n) is 8.17. The molecule has 3 heterocycles. The van der Waals surface area contributed by atoms with Gasteiger partial charge in [-0.3, -0.25) is 19.1 Å². The molecular weight excluding hydrogens is 577 g/mol. The summed E-state index contributed by atoms with van der Waals surface area (Å²) >= 11 is 8.05. The monoisotopic (exact) mass is 608 g/mol. The molecule has 11 heteroatoms. The van der Waals surface area contributed by atoms with Crippen molar-refractivity contribution in [3.05, 3.63) is 67.3 Å². The average Bonchev–Trinajstić information content (AvgIpc) is 3.70. The Labute approximate surface area is 252 Å². The molecule has 214 valence electrons. The lowest BCUT2D eigenvalue weighted by atomic mass is 9.96. The molecule has 6 rings (SSSR count). The number of ether oxygens (including phenoxy) is 1. The third kappa shape index (κ3) is 4.83. The van der Waals surface area contributed by atoms with Crippen LogP contribution < -0.4 is 9.80 Å². The number of anilines is 3. The minimum atomic E-state index is -0.539. The molecule has 1 aromatic heterocycles. The number of amides is 1. The lowest BCUT2D eigenvalue weighted by Gasteiger charge is -2.27. The summed E-state index contributed by atoms with van der Waals surface area (Å²) in [6.07, 6.45) is 5.41. The molecular formula is C30H32N4O4S3. The van der Waals surface area contributed by atoms with Crippen LogP contribution in [0.2, 0.25) is 0 Å². The van der Waals surface area contributed by atoms with E-state index >= 15 is 0 Å². The summed E-state index contributed by atoms with van der Waals surface area (Å²) < 4.78 is 7.16. The maximum atomic E-state index is 13.5. The van der Waals surface area contributed by atoms with Crippen molar-refractivity contribution in [2.45, 2.75) is 50.1 Å². The first-order chi connectivity index (χ1) is 19.8. The van der Waals surface area contributed by atoms with Gasteiger partial charge in [-0.2, -0.15) is 0 Å². The summed E-state index contributed by atoms with van der Waals surface area (Å²) in [5.74, 6) is 0.256. The zero-order chi connectivity index (χ0) is 28.8. The van der Waals surface area contributed by atoms with Crippen LogP contribution >= 0.6 is 35.3 Å². The predicted octanol–water partition coefficient (Wildman–Crippen LogP) is 6.60. The minimum Gasteiger partial charge on any atom is -0.494 e. The highest BCUT2D eigenvalue weighted by molar-refractivity contribution is 8.05. The van der Waals surface area contributed by atoms with Crippen molar-refractivity contribution < 1.29 is 19.4 Å². The normalized spacial score (nSPS) is 22.4. The minimum absolute atomic E-state index is 0.0497. The molecule has 2 aliphatic heterocycles. The molecule has 0 spiro atoms. The summed E-state index contributed by atoms with van der Waals surface area (Å²) in [4.78, 5) is 31.7. The van der Waals surface area contributed by atoms with Crippen LogP contribution in [0.15, 0.2) is 47.4 Å². The summed E-state index contributed by atoms with van der Waals surface area (Å²) in [5.41, 5.74) is 5.88. The lowest BCUT2D eigenvalue weighted by Crippen LogP contribution is -2.29. The van der Waals surface area contributed by atoms with Crippen LogP contribution in [0.4, 0.5) is 17.1 Å². The molecule has 3 atom stereocenters. The van der Waals surface area contributed by atoms with Gasteiger partial charge in [0.05, 0.1) is 4.91 Å². The number of hydrogen-bond acceptors (Lipinski definition) is 9. The number of aromatic nitrogens is 1. The number of carbonyl (C=O) groups is 2. The predicted molar refractivity (Wildman–Crippen MR) is 167 cm³/mol. The maximum absolute atomic E-state index is 13.5. The van der Waals surface area contributed by atoms with Crippen LogP contribution in [0.5, 0.6) is 5.88 Å². The van der Waals surface area contributed by atoms with Gasteiger partial charge in [-0.15, -0.1) is 11.3 Å². The van der Waals surface area contributed by atoms with Crippen molar-refractivity contribution in [3.63, 3.8) is 0 Å². The summed E-state index contributed by atoms with van der Waals surface area (Å²) in [7, 11) is 4.10. The van der Waals surface area contributed by atoms with E-state index in [1.807, 2.05) is 27.1 Å². The van der Waals surface area contributed by atoms with Crippen LogP contribution in [-0.2, 0) is 20.9 Å². The van der Waals surface area contributed by atoms with E-state index in [0.717, 1.165) is 18.4 Å². The Kier molecular flexibility index (Phi) is 7.60. The van der Waals surface area contributed by atoms with Gasteiger partial charge in [0.25, 0.3) is 12.4 Å². The van der Waals surface area contributed by atoms with Crippen molar-refractivity contribution >= 4 is 70.8 Å². The topological polar surface area (TPSA) is 78.2 Å². The van der Waals surface area contributed by atoms with Gasteiger partial charge in [0, 0.05) is 49.7 Å². The zero-order valence-corrected chi connectivity index (χ0v) is 25.6. The molecule has 1 saturated carbocycles. The van der Waals surface area contributed by atoms with Crippen LogP contribution in [0, 0.1) is 3.95 Å². The molecule has 0 radical (unpaired) electrons. The van der Waals surface area contributed by atoms with E-state index in [1.54, 1.807) is 4.57 Å². The van der Waals surface area contributed by atoms with E-state index in [0.29, 0.717) is 38.7 Å². The number of benzene rings is 2. The Bertz CT molecular complexity index is 1580. The van der Waals surface area contributed by atoms with E-state index in [4.69, 9.17) is 17.0 Å². The van der Waals surface area contributed by atoms with Crippen molar-refractivity contribution in [1.82, 2.24) is 9.47 Å². The Balaban J connectivity index is 1.34. The fourth-order valence-corrected chi connectivity index (χ4v) is 9.10. The Morgan fingerprint density at radius 1 is 1.17 bits per heavy atom. The third-order valence-corrected chi connectivity index (χ3v) is 11.1. The molecule has 1 saturated heterocycles. The molecule has 3 unspecified atom stereocenters. The lowest BCUT2D eigenvalue weighted by molar-refractivity contribution is -0.140. The molecule has 1 aliphatic carbocycles. The van der Waals surface area contributed by atoms with Crippen molar-refractivity contribution in [3.8, 4) is 5.88 Å². The Hall–Kier alpha value is -3.28. The fourth-order valence-electron chi connectivity index (χ4n) is 6.23. The molecule has 1 amide bonds. The highest BCUT2D eigenvalue weighted by Crippen LogP contribution is 2.54. The van der Waals surface area contributed by atoms with E-state index < -0.39 is 5.37 Å². The van der Waals surface area contributed by atoms with Crippen molar-refractivity contribution in [2.24, 2.45) is 0 Å². The van der Waals surface area contributed by atoms with E-state index in [1.165, 1.54) is 57.0 Å². The summed E-state index contributed by atoms with van der Waals surface area (Å²) in [6.45, 7) is 2.55. The molecule has 41 heavy (non-hydrogen) atoms. The van der Waals surface area contributed by atoms with Gasteiger partial charge in [0.2, 0.25) is 5.88 Å². The number of thioether (sulfide) groups is 1. The maximum Gasteiger partial charge on any atom is 0.294 e. The van der Waals surface area contributed by atoms with E-state index in [9.17, 15) is 14.7 Å². The fraction of sp³-hybridized carbons (Fsp3) is 0.367. The molecule has 3 aromatic rings. The van der Waals surface area contributed by atoms with Gasteiger partial charge in [-0.1, -0.05) is 24.2 Å². The average molecular weight is 609 g/mol. The number of aromatic hydroxyl groups is 1. The molecule has 3 aliphatic rings. The molecule has 2 fully saturated rings. The Morgan fingerprint density at radius 3 is 2.63 bits per heavy atom. The molecule has 0 bridgehead atoms. The molecule has 1 N–H and O–H groups in total. The largest absolute Gasteiger partial charge is 0.494 e. The van der Waals surface area contributed by atoms with Crippen LogP contribution in [0.1, 0.15) is 53.5 Å². The standard InChI is InChI=1S/C30H32N4O4S3/c1-4-32-28(37)26(41-30(32)39)29-33(16-38-17-35)27(36)25(40-29)15-18-8-13-24-22(14-18)21-6-5-7-23(21)34(24)20-11-9-19(10-12-20)31(2)3/h8-15,17,21,23,29,37H,4-7,16H2,1-3H3. The van der Waals surface area contributed by atoms with Crippen molar-refractivity contribution in [1.29, 1.82) is 0 Å². The van der Waals surface area contributed by atoms with Crippen LogP contribution in [0.3, 0.4) is 0 Å². The summed E-state index contributed by atoms with van der Waals surface area (Å²) in [6, 6.07) is 15.6. The molecule has 2 aromatic carbocycles. The number of fused-ring (bicyclic) bond motifs is 3. The van der Waals surface area contributed by atoms with Crippen LogP contribution in [0.25, 0.3) is 6.08 Å². The van der Waals surface area contributed by atoms with Gasteiger partial charge in [0.1, 0.15) is 10.3 Å². The van der Waals surface area contributed by atoms with Gasteiger partial charge in [0.15, 0.2) is 10.7 Å². The first-order valence-corrected chi connectivity index (χ1v) is 15.8. The Morgan fingerprint density at radius 2 is 1.95 bits per heavy atom.